The number of nitrogens with zero attached hydrogens (tertiary/aromatic N) is 1. The Balaban J connectivity index is 2.36. The second-order valence-electron chi connectivity index (χ2n) is 3.51. The molecule has 0 N–H and O–H groups in total. The summed E-state index contributed by atoms with van der Waals surface area (Å²) in [6.45, 7) is 0. The van der Waals surface area contributed by atoms with Crippen LogP contribution in [0.25, 0.3) is 16.5 Å². The van der Waals surface area contributed by atoms with Crippen LogP contribution in [-0.4, -0.2) is 4.57 Å². The van der Waals surface area contributed by atoms with Gasteiger partial charge in [-0.15, -0.1) is 0 Å². The van der Waals surface area contributed by atoms with E-state index in [9.17, 15) is 0 Å². The highest BCUT2D eigenvalue weighted by Gasteiger charge is 2.00. The Hall–Kier alpha value is -2.02. The fourth-order valence-electron chi connectivity index (χ4n) is 1.86. The van der Waals surface area contributed by atoms with Crippen LogP contribution in [0.3, 0.4) is 0 Å². The molecule has 1 nitrogen and oxygen atoms in total. The summed E-state index contributed by atoms with van der Waals surface area (Å²) >= 11 is 0. The van der Waals surface area contributed by atoms with Gasteiger partial charge in [0.05, 0.1) is 11.9 Å². The smallest absolute Gasteiger partial charge is 0.0697 e. The summed E-state index contributed by atoms with van der Waals surface area (Å²) in [7, 11) is 0. The molecular formula is C14H10N. The van der Waals surface area contributed by atoms with Crippen molar-refractivity contribution >= 4 is 10.8 Å². The average molecular weight is 192 g/mol. The van der Waals surface area contributed by atoms with E-state index in [-0.39, 0.29) is 0 Å². The van der Waals surface area contributed by atoms with Crippen LogP contribution in [0.2, 0.25) is 0 Å². The monoisotopic (exact) mass is 192 g/mol. The van der Waals surface area contributed by atoms with Crippen LogP contribution in [-0.2, 0) is 0 Å². The Morgan fingerprint density at radius 2 is 1.73 bits per heavy atom. The lowest BCUT2D eigenvalue weighted by molar-refractivity contribution is 1.08. The SMILES string of the molecule is [c]1cccn1-c1cccc2ccccc12. The van der Waals surface area contributed by atoms with Gasteiger partial charge in [-0.2, -0.15) is 0 Å². The zero-order valence-corrected chi connectivity index (χ0v) is 8.22. The summed E-state index contributed by atoms with van der Waals surface area (Å²) in [6, 6.07) is 18.6. The number of hydrogen-bond donors (Lipinski definition) is 0. The molecular weight excluding hydrogens is 182 g/mol. The van der Waals surface area contributed by atoms with Crippen LogP contribution in [0.4, 0.5) is 0 Å². The van der Waals surface area contributed by atoms with Crippen molar-refractivity contribution in [3.05, 3.63) is 67.0 Å². The van der Waals surface area contributed by atoms with E-state index in [0.717, 1.165) is 0 Å². The van der Waals surface area contributed by atoms with Gasteiger partial charge in [0.25, 0.3) is 0 Å². The van der Waals surface area contributed by atoms with Gasteiger partial charge >= 0.3 is 0 Å². The van der Waals surface area contributed by atoms with Crippen molar-refractivity contribution in [2.45, 2.75) is 0 Å². The number of rotatable bonds is 1. The second-order valence-corrected chi connectivity index (χ2v) is 3.51. The van der Waals surface area contributed by atoms with Gasteiger partial charge < -0.3 is 4.57 Å². The van der Waals surface area contributed by atoms with Gasteiger partial charge in [0, 0.05) is 11.6 Å². The minimum Gasteiger partial charge on any atom is -0.315 e. The van der Waals surface area contributed by atoms with Crippen LogP contribution in [0, 0.1) is 6.20 Å². The first kappa shape index (κ1) is 8.30. The van der Waals surface area contributed by atoms with Gasteiger partial charge in [0.15, 0.2) is 0 Å². The fourth-order valence-corrected chi connectivity index (χ4v) is 1.86. The van der Waals surface area contributed by atoms with Gasteiger partial charge in [-0.1, -0.05) is 36.4 Å². The van der Waals surface area contributed by atoms with E-state index in [0.29, 0.717) is 0 Å². The maximum atomic E-state index is 3.16. The Labute approximate surface area is 88.6 Å². The van der Waals surface area contributed by atoms with E-state index in [4.69, 9.17) is 0 Å². The quantitative estimate of drug-likeness (QED) is 0.556. The standard InChI is InChI=1S/C14H10N/c1-2-8-13-12(6-1)7-5-9-14(13)15-10-3-4-11-15/h1-10H. The molecule has 0 bridgehead atoms. The van der Waals surface area contributed by atoms with Gasteiger partial charge in [-0.3, -0.25) is 0 Å². The Morgan fingerprint density at radius 1 is 0.867 bits per heavy atom. The summed E-state index contributed by atoms with van der Waals surface area (Å²) in [5.74, 6) is 0. The summed E-state index contributed by atoms with van der Waals surface area (Å²) < 4.78 is 2.02. The molecule has 3 aromatic rings. The van der Waals surface area contributed by atoms with Crippen molar-refractivity contribution in [2.24, 2.45) is 0 Å². The average Bonchev–Trinajstić information content (AvgIpc) is 2.82. The Bertz CT molecular complexity index is 574. The third-order valence-corrected chi connectivity index (χ3v) is 2.57. The maximum Gasteiger partial charge on any atom is 0.0697 e. The Kier molecular flexibility index (Phi) is 1.82. The van der Waals surface area contributed by atoms with Crippen molar-refractivity contribution in [1.29, 1.82) is 0 Å². The van der Waals surface area contributed by atoms with Crippen LogP contribution in [0.1, 0.15) is 0 Å². The van der Waals surface area contributed by atoms with Crippen molar-refractivity contribution in [3.8, 4) is 5.69 Å². The predicted octanol–water partition coefficient (Wildman–Crippen LogP) is 3.43. The summed E-state index contributed by atoms with van der Waals surface area (Å²) in [6.07, 6.45) is 5.18. The van der Waals surface area contributed by atoms with Crippen molar-refractivity contribution in [3.63, 3.8) is 0 Å². The van der Waals surface area contributed by atoms with Crippen LogP contribution in [0.15, 0.2) is 60.8 Å². The molecule has 0 atom stereocenters. The molecule has 0 fully saturated rings. The minimum absolute atomic E-state index is 1.18. The highest BCUT2D eigenvalue weighted by atomic mass is 14.9. The predicted molar refractivity (Wildman–Crippen MR) is 62.1 cm³/mol. The molecule has 71 valence electrons. The third kappa shape index (κ3) is 1.33. The van der Waals surface area contributed by atoms with E-state index >= 15 is 0 Å². The lowest BCUT2D eigenvalue weighted by atomic mass is 10.1. The molecule has 0 unspecified atom stereocenters. The molecule has 0 amide bonds. The minimum atomic E-state index is 1.18. The first-order chi connectivity index (χ1) is 7.45. The molecule has 0 aliphatic rings. The van der Waals surface area contributed by atoms with Gasteiger partial charge in [-0.05, 0) is 23.6 Å². The maximum absolute atomic E-state index is 3.16. The van der Waals surface area contributed by atoms with Crippen LogP contribution in [0.5, 0.6) is 0 Å². The van der Waals surface area contributed by atoms with E-state index < -0.39 is 0 Å². The molecule has 1 radical (unpaired) electrons. The largest absolute Gasteiger partial charge is 0.315 e. The van der Waals surface area contributed by atoms with E-state index in [1.807, 2.05) is 22.9 Å². The lowest BCUT2D eigenvalue weighted by Crippen LogP contribution is -1.90. The molecule has 3 rings (SSSR count). The van der Waals surface area contributed by atoms with E-state index in [1.54, 1.807) is 0 Å². The number of fused-ring (bicyclic) bond motifs is 1. The zero-order valence-electron chi connectivity index (χ0n) is 8.22. The first-order valence-corrected chi connectivity index (χ1v) is 4.98. The molecule has 1 heteroatoms. The van der Waals surface area contributed by atoms with E-state index in [2.05, 4.69) is 48.7 Å². The van der Waals surface area contributed by atoms with Crippen LogP contribution >= 0.6 is 0 Å². The third-order valence-electron chi connectivity index (χ3n) is 2.57. The molecule has 0 spiro atoms. The molecule has 0 aliphatic heterocycles. The van der Waals surface area contributed by atoms with Gasteiger partial charge in [-0.25, -0.2) is 0 Å². The first-order valence-electron chi connectivity index (χ1n) is 4.98. The zero-order chi connectivity index (χ0) is 10.1. The molecule has 1 heterocycles. The van der Waals surface area contributed by atoms with Crippen LogP contribution < -0.4 is 0 Å². The Morgan fingerprint density at radius 3 is 2.60 bits per heavy atom. The molecule has 0 aliphatic carbocycles. The lowest BCUT2D eigenvalue weighted by Gasteiger charge is -2.06. The molecule has 2 aromatic carbocycles. The summed E-state index contributed by atoms with van der Waals surface area (Å²) in [5, 5.41) is 2.52. The molecule has 1 aromatic heterocycles. The fraction of sp³-hybridized carbons (Fsp3) is 0. The normalized spacial score (nSPS) is 10.7. The van der Waals surface area contributed by atoms with Crippen molar-refractivity contribution in [1.82, 2.24) is 4.57 Å². The summed E-state index contributed by atoms with van der Waals surface area (Å²) in [4.78, 5) is 0. The highest BCUT2D eigenvalue weighted by molar-refractivity contribution is 5.90. The topological polar surface area (TPSA) is 4.93 Å². The van der Waals surface area contributed by atoms with Crippen molar-refractivity contribution in [2.75, 3.05) is 0 Å². The molecule has 15 heavy (non-hydrogen) atoms. The van der Waals surface area contributed by atoms with Gasteiger partial charge in [0.2, 0.25) is 0 Å². The van der Waals surface area contributed by atoms with E-state index in [1.165, 1.54) is 16.5 Å². The highest BCUT2D eigenvalue weighted by Crippen LogP contribution is 2.21. The molecule has 0 saturated carbocycles. The number of aromatic nitrogens is 1. The van der Waals surface area contributed by atoms with Gasteiger partial charge in [0.1, 0.15) is 0 Å². The van der Waals surface area contributed by atoms with Crippen molar-refractivity contribution < 1.29 is 0 Å². The number of hydrogen-bond acceptors (Lipinski definition) is 0. The second kappa shape index (κ2) is 3.28. The summed E-state index contributed by atoms with van der Waals surface area (Å²) in [5.41, 5.74) is 1.18. The number of benzene rings is 2. The molecule has 0 saturated heterocycles.